The molecule has 0 bridgehead atoms. The molecule has 0 saturated carbocycles. The SMILES string of the molecule is CC(C)(C)N1CCCC1.CC(C)N1CC1.CC(C)N1CCC1. The Morgan fingerprint density at radius 1 is 0.591 bits per heavy atom. The van der Waals surface area contributed by atoms with Crippen LogP contribution in [0.4, 0.5) is 0 Å². The summed E-state index contributed by atoms with van der Waals surface area (Å²) in [5.74, 6) is 0. The monoisotopic (exact) mass is 311 g/mol. The van der Waals surface area contributed by atoms with Crippen LogP contribution in [-0.4, -0.2) is 71.6 Å². The van der Waals surface area contributed by atoms with Crippen molar-refractivity contribution in [2.45, 2.75) is 85.4 Å². The molecule has 3 aliphatic heterocycles. The summed E-state index contributed by atoms with van der Waals surface area (Å²) in [5, 5.41) is 0. The molecule has 0 amide bonds. The lowest BCUT2D eigenvalue weighted by atomic mass is 10.1. The smallest absolute Gasteiger partial charge is 0.0125 e. The van der Waals surface area contributed by atoms with Crippen LogP contribution < -0.4 is 0 Å². The molecule has 0 N–H and O–H groups in total. The van der Waals surface area contributed by atoms with Gasteiger partial charge in [-0.25, -0.2) is 0 Å². The molecule has 0 aromatic rings. The van der Waals surface area contributed by atoms with Gasteiger partial charge in [0.1, 0.15) is 0 Å². The highest BCUT2D eigenvalue weighted by Crippen LogP contribution is 2.19. The number of hydrogen-bond acceptors (Lipinski definition) is 3. The molecule has 0 aliphatic carbocycles. The molecule has 0 aromatic heterocycles. The first-order chi connectivity index (χ1) is 10.2. The Morgan fingerprint density at radius 2 is 1.00 bits per heavy atom. The van der Waals surface area contributed by atoms with Crippen molar-refractivity contribution in [1.82, 2.24) is 14.7 Å². The zero-order valence-corrected chi connectivity index (χ0v) is 16.4. The molecule has 3 saturated heterocycles. The maximum absolute atomic E-state index is 2.55. The van der Waals surface area contributed by atoms with Crippen LogP contribution in [0.3, 0.4) is 0 Å². The van der Waals surface area contributed by atoms with E-state index in [9.17, 15) is 0 Å². The molecule has 3 fully saturated rings. The average Bonchev–Trinajstić information content (AvgIpc) is 3.02. The Balaban J connectivity index is 0.000000169. The fourth-order valence-electron chi connectivity index (χ4n) is 2.82. The van der Waals surface area contributed by atoms with Gasteiger partial charge < -0.3 is 4.90 Å². The minimum atomic E-state index is 0.413. The van der Waals surface area contributed by atoms with E-state index in [4.69, 9.17) is 0 Å². The molecule has 3 nitrogen and oxygen atoms in total. The largest absolute Gasteiger partial charge is 0.301 e. The van der Waals surface area contributed by atoms with Crippen molar-refractivity contribution in [3.63, 3.8) is 0 Å². The van der Waals surface area contributed by atoms with Crippen LogP contribution in [0.25, 0.3) is 0 Å². The van der Waals surface area contributed by atoms with E-state index in [1.165, 1.54) is 58.5 Å². The lowest BCUT2D eigenvalue weighted by Gasteiger charge is -2.34. The maximum Gasteiger partial charge on any atom is 0.0125 e. The molecule has 0 radical (unpaired) electrons. The van der Waals surface area contributed by atoms with Crippen LogP contribution in [0.2, 0.25) is 0 Å². The second-order valence-corrected chi connectivity index (χ2v) is 8.48. The Bertz CT molecular complexity index is 280. The molecule has 0 spiro atoms. The standard InChI is InChI=1S/C8H17N.C6H13N.C5H11N/c1-8(2,3)9-6-4-5-7-9;1-6(2)7-4-3-5-7;1-5(2)6-3-4-6/h4-7H2,1-3H3;6H,3-5H2,1-2H3;5H,3-4H2,1-2H3. The van der Waals surface area contributed by atoms with E-state index in [-0.39, 0.29) is 0 Å². The molecule has 3 heteroatoms. The van der Waals surface area contributed by atoms with Gasteiger partial charge in [0, 0.05) is 30.7 Å². The molecule has 132 valence electrons. The van der Waals surface area contributed by atoms with Gasteiger partial charge in [-0.2, -0.15) is 0 Å². The summed E-state index contributed by atoms with van der Waals surface area (Å²) >= 11 is 0. The Kier molecular flexibility index (Phi) is 8.37. The normalized spacial score (nSPS) is 22.8. The molecule has 22 heavy (non-hydrogen) atoms. The summed E-state index contributed by atoms with van der Waals surface area (Å²) in [6, 6.07) is 1.58. The van der Waals surface area contributed by atoms with Crippen LogP contribution in [-0.2, 0) is 0 Å². The fourth-order valence-corrected chi connectivity index (χ4v) is 2.82. The van der Waals surface area contributed by atoms with Crippen molar-refractivity contribution in [3.8, 4) is 0 Å². The summed E-state index contributed by atoms with van der Waals surface area (Å²) in [6.45, 7) is 23.8. The predicted octanol–water partition coefficient (Wildman–Crippen LogP) is 3.69. The summed E-state index contributed by atoms with van der Waals surface area (Å²) in [4.78, 5) is 7.44. The lowest BCUT2D eigenvalue weighted by molar-refractivity contribution is 0.138. The van der Waals surface area contributed by atoms with Gasteiger partial charge in [-0.15, -0.1) is 0 Å². The molecular weight excluding hydrogens is 270 g/mol. The zero-order valence-electron chi connectivity index (χ0n) is 16.4. The number of rotatable bonds is 2. The van der Waals surface area contributed by atoms with Gasteiger partial charge in [0.05, 0.1) is 0 Å². The maximum atomic E-state index is 2.55. The lowest BCUT2D eigenvalue weighted by Crippen LogP contribution is -2.41. The van der Waals surface area contributed by atoms with Crippen molar-refractivity contribution in [2.24, 2.45) is 0 Å². The van der Waals surface area contributed by atoms with Crippen LogP contribution >= 0.6 is 0 Å². The van der Waals surface area contributed by atoms with E-state index in [1.54, 1.807) is 0 Å². The third kappa shape index (κ3) is 7.94. The predicted molar refractivity (Wildman–Crippen MR) is 98.6 cm³/mol. The molecule has 3 aliphatic rings. The summed E-state index contributed by atoms with van der Waals surface area (Å²) in [7, 11) is 0. The van der Waals surface area contributed by atoms with Crippen molar-refractivity contribution in [1.29, 1.82) is 0 Å². The van der Waals surface area contributed by atoms with Gasteiger partial charge in [0.2, 0.25) is 0 Å². The van der Waals surface area contributed by atoms with Gasteiger partial charge in [0.15, 0.2) is 0 Å². The minimum absolute atomic E-state index is 0.413. The topological polar surface area (TPSA) is 9.49 Å². The van der Waals surface area contributed by atoms with E-state index in [2.05, 4.69) is 63.2 Å². The van der Waals surface area contributed by atoms with Gasteiger partial charge in [-0.05, 0) is 93.9 Å². The molecular formula is C19H41N3. The quantitative estimate of drug-likeness (QED) is 0.720. The van der Waals surface area contributed by atoms with Gasteiger partial charge >= 0.3 is 0 Å². The Labute approximate surface area is 140 Å². The third-order valence-electron chi connectivity index (χ3n) is 4.89. The highest BCUT2D eigenvalue weighted by Gasteiger charge is 2.23. The Hall–Kier alpha value is -0.120. The van der Waals surface area contributed by atoms with Crippen molar-refractivity contribution in [2.75, 3.05) is 39.3 Å². The van der Waals surface area contributed by atoms with Crippen molar-refractivity contribution >= 4 is 0 Å². The van der Waals surface area contributed by atoms with Crippen LogP contribution in [0.1, 0.15) is 67.7 Å². The summed E-state index contributed by atoms with van der Waals surface area (Å²) < 4.78 is 0. The fraction of sp³-hybridized carbons (Fsp3) is 1.00. The Morgan fingerprint density at radius 3 is 1.09 bits per heavy atom. The minimum Gasteiger partial charge on any atom is -0.301 e. The molecule has 0 aromatic carbocycles. The van der Waals surface area contributed by atoms with E-state index >= 15 is 0 Å². The molecule has 0 unspecified atom stereocenters. The van der Waals surface area contributed by atoms with Crippen LogP contribution in [0.15, 0.2) is 0 Å². The first kappa shape index (κ1) is 19.9. The zero-order chi connectivity index (χ0) is 16.8. The first-order valence-corrected chi connectivity index (χ1v) is 9.45. The van der Waals surface area contributed by atoms with Gasteiger partial charge in [-0.3, -0.25) is 9.80 Å². The van der Waals surface area contributed by atoms with E-state index in [1.807, 2.05) is 0 Å². The van der Waals surface area contributed by atoms with E-state index in [0.29, 0.717) is 5.54 Å². The second kappa shape index (κ2) is 9.24. The van der Waals surface area contributed by atoms with Gasteiger partial charge in [-0.1, -0.05) is 0 Å². The summed E-state index contributed by atoms with van der Waals surface area (Å²) in [5.41, 5.74) is 0.413. The van der Waals surface area contributed by atoms with Crippen LogP contribution in [0.5, 0.6) is 0 Å². The van der Waals surface area contributed by atoms with Crippen LogP contribution in [0, 0.1) is 0 Å². The van der Waals surface area contributed by atoms with E-state index < -0.39 is 0 Å². The molecule has 3 rings (SSSR count). The van der Waals surface area contributed by atoms with Crippen molar-refractivity contribution in [3.05, 3.63) is 0 Å². The molecule has 0 atom stereocenters. The van der Waals surface area contributed by atoms with E-state index in [0.717, 1.165) is 12.1 Å². The molecule has 3 heterocycles. The summed E-state index contributed by atoms with van der Waals surface area (Å²) in [6.07, 6.45) is 4.22. The number of hydrogen-bond donors (Lipinski definition) is 0. The van der Waals surface area contributed by atoms with Gasteiger partial charge in [0.25, 0.3) is 0 Å². The third-order valence-corrected chi connectivity index (χ3v) is 4.89. The average molecular weight is 312 g/mol. The first-order valence-electron chi connectivity index (χ1n) is 9.45. The highest BCUT2D eigenvalue weighted by atomic mass is 15.3. The van der Waals surface area contributed by atoms with Crippen molar-refractivity contribution < 1.29 is 0 Å². The number of nitrogens with zero attached hydrogens (tertiary/aromatic N) is 3. The second-order valence-electron chi connectivity index (χ2n) is 8.48. The number of likely N-dealkylation sites (tertiary alicyclic amines) is 2. The highest BCUT2D eigenvalue weighted by molar-refractivity contribution is 4.79.